The number of piperazine rings is 1. The first kappa shape index (κ1) is 19.8. The summed E-state index contributed by atoms with van der Waals surface area (Å²) in [6, 6.07) is -0.489. The molecule has 10 heteroatoms. The molecule has 0 saturated carbocycles. The molecule has 1 heterocycles. The van der Waals surface area contributed by atoms with Gasteiger partial charge in [0.05, 0.1) is 6.54 Å². The molecule has 0 radical (unpaired) electrons. The van der Waals surface area contributed by atoms with Gasteiger partial charge in [-0.05, 0) is 6.42 Å². The summed E-state index contributed by atoms with van der Waals surface area (Å²) < 4.78 is 26.5. The third-order valence-corrected chi connectivity index (χ3v) is 5.50. The van der Waals surface area contributed by atoms with Gasteiger partial charge in [0.1, 0.15) is 0 Å². The highest BCUT2D eigenvalue weighted by atomic mass is 32.2. The van der Waals surface area contributed by atoms with Crippen molar-refractivity contribution in [1.82, 2.24) is 24.1 Å². The molecule has 9 nitrogen and oxygen atoms in total. The lowest BCUT2D eigenvalue weighted by Gasteiger charge is -2.34. The van der Waals surface area contributed by atoms with E-state index >= 15 is 0 Å². The van der Waals surface area contributed by atoms with Crippen molar-refractivity contribution in [2.45, 2.75) is 19.8 Å². The van der Waals surface area contributed by atoms with E-state index < -0.39 is 16.2 Å². The number of carbonyl (C=O) groups is 2. The number of urea groups is 1. The summed E-state index contributed by atoms with van der Waals surface area (Å²) >= 11 is 0. The van der Waals surface area contributed by atoms with Crippen LogP contribution in [-0.2, 0) is 15.0 Å². The predicted molar refractivity (Wildman–Crippen MR) is 87.1 cm³/mol. The largest absolute Gasteiger partial charge is 0.338 e. The second-order valence-electron chi connectivity index (χ2n) is 5.62. The van der Waals surface area contributed by atoms with Crippen LogP contribution in [0.2, 0.25) is 0 Å². The Morgan fingerprint density at radius 1 is 1.13 bits per heavy atom. The second kappa shape index (κ2) is 9.16. The van der Waals surface area contributed by atoms with E-state index in [4.69, 9.17) is 0 Å². The lowest BCUT2D eigenvalue weighted by molar-refractivity contribution is -0.121. The quantitative estimate of drug-likeness (QED) is 0.576. The van der Waals surface area contributed by atoms with Crippen molar-refractivity contribution < 1.29 is 18.0 Å². The molecule has 1 aliphatic rings. The van der Waals surface area contributed by atoms with Gasteiger partial charge in [-0.25, -0.2) is 4.79 Å². The average molecular weight is 349 g/mol. The first-order valence-electron chi connectivity index (χ1n) is 7.75. The monoisotopic (exact) mass is 349 g/mol. The van der Waals surface area contributed by atoms with Crippen LogP contribution in [-0.4, -0.2) is 87.2 Å². The normalized spacial score (nSPS) is 17.2. The molecule has 0 bridgehead atoms. The van der Waals surface area contributed by atoms with Gasteiger partial charge in [-0.2, -0.15) is 17.0 Å². The zero-order valence-corrected chi connectivity index (χ0v) is 14.9. The van der Waals surface area contributed by atoms with Gasteiger partial charge in [0, 0.05) is 46.8 Å². The molecule has 0 aromatic carbocycles. The summed E-state index contributed by atoms with van der Waals surface area (Å²) in [4.78, 5) is 25.1. The third-order valence-electron chi connectivity index (χ3n) is 3.56. The number of rotatable bonds is 7. The molecule has 0 atom stereocenters. The van der Waals surface area contributed by atoms with Gasteiger partial charge in [-0.15, -0.1) is 0 Å². The summed E-state index contributed by atoms with van der Waals surface area (Å²) in [5.41, 5.74) is 0. The standard InChI is InChI=1S/C13H27N5O4S/c1-4-5-6-14-13(20)15-12(19)11-17-7-9-18(10-8-17)23(21,22)16(2)3/h4-11H2,1-3H3,(H2,14,15,19,20). The van der Waals surface area contributed by atoms with Crippen LogP contribution in [0.3, 0.4) is 0 Å². The van der Waals surface area contributed by atoms with Gasteiger partial charge in [-0.1, -0.05) is 13.3 Å². The van der Waals surface area contributed by atoms with Crippen LogP contribution in [0, 0.1) is 0 Å². The first-order valence-corrected chi connectivity index (χ1v) is 9.14. The maximum absolute atomic E-state index is 12.0. The number of nitrogens with one attached hydrogen (secondary N) is 2. The lowest BCUT2D eigenvalue weighted by atomic mass is 10.3. The second-order valence-corrected chi connectivity index (χ2v) is 7.77. The molecule has 0 aromatic rings. The van der Waals surface area contributed by atoms with Crippen molar-refractivity contribution in [3.05, 3.63) is 0 Å². The van der Waals surface area contributed by atoms with Gasteiger partial charge >= 0.3 is 6.03 Å². The Bertz CT molecular complexity index is 500. The van der Waals surface area contributed by atoms with Crippen molar-refractivity contribution in [3.8, 4) is 0 Å². The Hall–Kier alpha value is -1.23. The summed E-state index contributed by atoms with van der Waals surface area (Å²) in [7, 11) is -0.424. The molecule has 1 aliphatic heterocycles. The van der Waals surface area contributed by atoms with Crippen LogP contribution in [0.4, 0.5) is 4.79 Å². The highest BCUT2D eigenvalue weighted by Gasteiger charge is 2.29. The van der Waals surface area contributed by atoms with Gasteiger partial charge in [-0.3, -0.25) is 15.0 Å². The van der Waals surface area contributed by atoms with Crippen molar-refractivity contribution in [2.75, 3.05) is 53.4 Å². The molecule has 1 fully saturated rings. The molecule has 0 aliphatic carbocycles. The van der Waals surface area contributed by atoms with Crippen molar-refractivity contribution in [1.29, 1.82) is 0 Å². The minimum absolute atomic E-state index is 0.0804. The third kappa shape index (κ3) is 6.42. The molecule has 0 spiro atoms. The Morgan fingerprint density at radius 3 is 2.26 bits per heavy atom. The fraction of sp³-hybridized carbons (Fsp3) is 0.846. The molecular formula is C13H27N5O4S. The Balaban J connectivity index is 2.33. The topological polar surface area (TPSA) is 102 Å². The van der Waals surface area contributed by atoms with Crippen LogP contribution >= 0.6 is 0 Å². The number of amides is 3. The lowest BCUT2D eigenvalue weighted by Crippen LogP contribution is -2.54. The van der Waals surface area contributed by atoms with E-state index in [2.05, 4.69) is 10.6 Å². The average Bonchev–Trinajstić information content (AvgIpc) is 2.47. The van der Waals surface area contributed by atoms with E-state index in [1.807, 2.05) is 11.8 Å². The molecule has 134 valence electrons. The van der Waals surface area contributed by atoms with Crippen LogP contribution in [0.15, 0.2) is 0 Å². The van der Waals surface area contributed by atoms with Crippen LogP contribution < -0.4 is 10.6 Å². The highest BCUT2D eigenvalue weighted by Crippen LogP contribution is 2.09. The molecule has 1 saturated heterocycles. The molecule has 0 aromatic heterocycles. The van der Waals surface area contributed by atoms with E-state index in [0.717, 1.165) is 12.8 Å². The highest BCUT2D eigenvalue weighted by molar-refractivity contribution is 7.86. The van der Waals surface area contributed by atoms with E-state index in [1.165, 1.54) is 22.7 Å². The predicted octanol–water partition coefficient (Wildman–Crippen LogP) is -0.964. The molecule has 1 rings (SSSR count). The Morgan fingerprint density at radius 2 is 1.74 bits per heavy atom. The minimum atomic E-state index is -3.41. The van der Waals surface area contributed by atoms with Crippen molar-refractivity contribution in [2.24, 2.45) is 0 Å². The number of unbranched alkanes of at least 4 members (excludes halogenated alkanes) is 1. The van der Waals surface area contributed by atoms with E-state index in [1.54, 1.807) is 0 Å². The Labute approximate surface area is 138 Å². The smallest absolute Gasteiger partial charge is 0.321 e. The van der Waals surface area contributed by atoms with Gasteiger partial charge in [0.15, 0.2) is 0 Å². The van der Waals surface area contributed by atoms with Crippen LogP contribution in [0.25, 0.3) is 0 Å². The number of nitrogens with zero attached hydrogens (tertiary/aromatic N) is 3. The van der Waals surface area contributed by atoms with E-state index in [0.29, 0.717) is 32.7 Å². The number of hydrogen-bond donors (Lipinski definition) is 2. The summed E-state index contributed by atoms with van der Waals surface area (Å²) in [6.07, 6.45) is 1.83. The fourth-order valence-corrected chi connectivity index (χ4v) is 3.23. The maximum Gasteiger partial charge on any atom is 0.321 e. The number of imide groups is 1. The minimum Gasteiger partial charge on any atom is -0.338 e. The molecule has 2 N–H and O–H groups in total. The fourth-order valence-electron chi connectivity index (χ4n) is 2.14. The van der Waals surface area contributed by atoms with Crippen molar-refractivity contribution >= 4 is 22.1 Å². The maximum atomic E-state index is 12.0. The summed E-state index contributed by atoms with van der Waals surface area (Å²) in [5.74, 6) is -0.386. The number of hydrogen-bond acceptors (Lipinski definition) is 5. The summed E-state index contributed by atoms with van der Waals surface area (Å²) in [5, 5.41) is 4.88. The van der Waals surface area contributed by atoms with Crippen LogP contribution in [0.1, 0.15) is 19.8 Å². The van der Waals surface area contributed by atoms with Crippen LogP contribution in [0.5, 0.6) is 0 Å². The van der Waals surface area contributed by atoms with Crippen molar-refractivity contribution in [3.63, 3.8) is 0 Å². The summed E-state index contributed by atoms with van der Waals surface area (Å²) in [6.45, 7) is 4.21. The van der Waals surface area contributed by atoms with Gasteiger partial charge in [0.25, 0.3) is 10.2 Å². The van der Waals surface area contributed by atoms with Gasteiger partial charge < -0.3 is 5.32 Å². The molecule has 3 amide bonds. The van der Waals surface area contributed by atoms with E-state index in [9.17, 15) is 18.0 Å². The molecular weight excluding hydrogens is 322 g/mol. The zero-order chi connectivity index (χ0) is 17.5. The molecule has 0 unspecified atom stereocenters. The number of carbonyl (C=O) groups excluding carboxylic acids is 2. The zero-order valence-electron chi connectivity index (χ0n) is 14.0. The van der Waals surface area contributed by atoms with E-state index in [-0.39, 0.29) is 12.5 Å². The molecule has 23 heavy (non-hydrogen) atoms. The first-order chi connectivity index (χ1) is 10.8. The Kier molecular flexibility index (Phi) is 7.89. The SMILES string of the molecule is CCCCNC(=O)NC(=O)CN1CCN(S(=O)(=O)N(C)C)CC1. The van der Waals surface area contributed by atoms with Gasteiger partial charge in [0.2, 0.25) is 5.91 Å².